The average Bonchev–Trinajstić information content (AvgIpc) is 2.60. The zero-order chi connectivity index (χ0) is 18.7. The van der Waals surface area contributed by atoms with Crippen molar-refractivity contribution in [2.45, 2.75) is 20.8 Å². The summed E-state index contributed by atoms with van der Waals surface area (Å²) in [4.78, 5) is 32.1. The molecule has 146 valence electrons. The highest BCUT2D eigenvalue weighted by Gasteiger charge is 2.15. The molecule has 7 nitrogen and oxygen atoms in total. The van der Waals surface area contributed by atoms with Crippen molar-refractivity contribution in [1.82, 2.24) is 15.1 Å². The van der Waals surface area contributed by atoms with E-state index in [0.29, 0.717) is 25.6 Å². The number of rotatable bonds is 8. The Morgan fingerprint density at radius 1 is 1.08 bits per heavy atom. The van der Waals surface area contributed by atoms with Crippen LogP contribution in [0, 0.1) is 0 Å². The third kappa shape index (κ3) is 8.50. The van der Waals surface area contributed by atoms with Crippen LogP contribution < -0.4 is 10.6 Å². The number of nitrogens with zero attached hydrogens (tertiary/aromatic N) is 3. The zero-order valence-electron chi connectivity index (χ0n) is 16.0. The maximum absolute atomic E-state index is 12.2. The number of guanidine groups is 1. The fraction of sp³-hybridized carbons (Fsp3) is 0.500. The van der Waals surface area contributed by atoms with Crippen LogP contribution in [-0.4, -0.2) is 67.3 Å². The smallest absolute Gasteiger partial charge is 0.246 e. The van der Waals surface area contributed by atoms with Gasteiger partial charge in [-0.05, 0) is 32.9 Å². The van der Waals surface area contributed by atoms with Crippen LogP contribution in [0.5, 0.6) is 0 Å². The number of nitrogens with one attached hydrogen (secondary N) is 2. The van der Waals surface area contributed by atoms with E-state index in [4.69, 9.17) is 0 Å². The van der Waals surface area contributed by atoms with Gasteiger partial charge in [0, 0.05) is 32.4 Å². The molecule has 0 saturated heterocycles. The van der Waals surface area contributed by atoms with E-state index in [0.717, 1.165) is 5.69 Å². The second-order valence-electron chi connectivity index (χ2n) is 5.51. The van der Waals surface area contributed by atoms with Gasteiger partial charge in [-0.15, -0.1) is 24.0 Å². The number of carbonyl (C=O) groups excluding carboxylic acids is 2. The van der Waals surface area contributed by atoms with Gasteiger partial charge < -0.3 is 20.4 Å². The van der Waals surface area contributed by atoms with E-state index >= 15 is 0 Å². The lowest BCUT2D eigenvalue weighted by Gasteiger charge is -2.25. The van der Waals surface area contributed by atoms with Gasteiger partial charge in [-0.1, -0.05) is 18.2 Å². The molecule has 26 heavy (non-hydrogen) atoms. The average molecular weight is 475 g/mol. The molecule has 1 rings (SSSR count). The molecular formula is C18H30IN5O2. The first-order chi connectivity index (χ1) is 12.0. The number of benzene rings is 1. The van der Waals surface area contributed by atoms with Crippen molar-refractivity contribution in [3.05, 3.63) is 30.3 Å². The monoisotopic (exact) mass is 475 g/mol. The van der Waals surface area contributed by atoms with Gasteiger partial charge in [0.05, 0.1) is 6.54 Å². The zero-order valence-corrected chi connectivity index (χ0v) is 18.3. The molecule has 2 N–H and O–H groups in total. The molecule has 0 fully saturated rings. The third-order valence-electron chi connectivity index (χ3n) is 3.62. The van der Waals surface area contributed by atoms with Crippen molar-refractivity contribution in [2.24, 2.45) is 4.99 Å². The van der Waals surface area contributed by atoms with Crippen LogP contribution in [-0.2, 0) is 9.59 Å². The first-order valence-corrected chi connectivity index (χ1v) is 8.63. The lowest BCUT2D eigenvalue weighted by Crippen LogP contribution is -2.46. The van der Waals surface area contributed by atoms with Crippen LogP contribution in [0.25, 0.3) is 0 Å². The quantitative estimate of drug-likeness (QED) is 0.343. The fourth-order valence-electron chi connectivity index (χ4n) is 2.29. The molecular weight excluding hydrogens is 445 g/mol. The van der Waals surface area contributed by atoms with E-state index < -0.39 is 0 Å². The fourth-order valence-corrected chi connectivity index (χ4v) is 2.29. The van der Waals surface area contributed by atoms with E-state index in [1.165, 1.54) is 0 Å². The molecule has 0 heterocycles. The summed E-state index contributed by atoms with van der Waals surface area (Å²) in [5, 5.41) is 5.90. The van der Waals surface area contributed by atoms with Gasteiger partial charge in [0.25, 0.3) is 0 Å². The minimum Gasteiger partial charge on any atom is -0.356 e. The first-order valence-electron chi connectivity index (χ1n) is 8.63. The van der Waals surface area contributed by atoms with Crippen LogP contribution in [0.15, 0.2) is 35.3 Å². The predicted octanol–water partition coefficient (Wildman–Crippen LogP) is 2.01. The maximum atomic E-state index is 12.2. The van der Waals surface area contributed by atoms with E-state index in [2.05, 4.69) is 15.6 Å². The summed E-state index contributed by atoms with van der Waals surface area (Å²) in [5.41, 5.74) is 0.734. The predicted molar refractivity (Wildman–Crippen MR) is 117 cm³/mol. The largest absolute Gasteiger partial charge is 0.356 e. The van der Waals surface area contributed by atoms with Crippen molar-refractivity contribution in [1.29, 1.82) is 0 Å². The number of likely N-dealkylation sites (N-methyl/N-ethyl adjacent to an activating group) is 2. The number of aliphatic imine (C=N–C) groups is 1. The van der Waals surface area contributed by atoms with Crippen LogP contribution >= 0.6 is 24.0 Å². The molecule has 1 aromatic carbocycles. The highest BCUT2D eigenvalue weighted by Crippen LogP contribution is 2.04. The topological polar surface area (TPSA) is 77.0 Å². The van der Waals surface area contributed by atoms with Crippen molar-refractivity contribution >= 4 is 47.4 Å². The molecule has 0 atom stereocenters. The van der Waals surface area contributed by atoms with Crippen LogP contribution in [0.2, 0.25) is 0 Å². The molecule has 0 aromatic heterocycles. The molecule has 2 amide bonds. The van der Waals surface area contributed by atoms with Crippen LogP contribution in [0.1, 0.15) is 20.8 Å². The standard InChI is InChI=1S/C18H29N5O2.HI/c1-5-19-18(22(4)14-17(25)23(6-2)7-3)20-13-16(24)21-15-11-9-8-10-12-15;/h8-12H,5-7,13-14H2,1-4H3,(H,19,20)(H,21,24);1H. The van der Waals surface area contributed by atoms with E-state index in [-0.39, 0.29) is 48.9 Å². The van der Waals surface area contributed by atoms with Gasteiger partial charge in [0.15, 0.2) is 5.96 Å². The molecule has 0 aliphatic heterocycles. The van der Waals surface area contributed by atoms with E-state index in [1.54, 1.807) is 16.8 Å². The highest BCUT2D eigenvalue weighted by atomic mass is 127. The SMILES string of the molecule is CCNC(=NCC(=O)Nc1ccccc1)N(C)CC(=O)N(CC)CC.I. The number of halogens is 1. The Morgan fingerprint density at radius 3 is 2.23 bits per heavy atom. The van der Waals surface area contributed by atoms with Gasteiger partial charge >= 0.3 is 0 Å². The molecule has 0 unspecified atom stereocenters. The number of amides is 2. The van der Waals surface area contributed by atoms with Crippen molar-refractivity contribution < 1.29 is 9.59 Å². The maximum Gasteiger partial charge on any atom is 0.246 e. The van der Waals surface area contributed by atoms with Crippen molar-refractivity contribution in [3.8, 4) is 0 Å². The second kappa shape index (κ2) is 13.4. The molecule has 0 aliphatic rings. The number of hydrogen-bond donors (Lipinski definition) is 2. The third-order valence-corrected chi connectivity index (χ3v) is 3.62. The highest BCUT2D eigenvalue weighted by molar-refractivity contribution is 14.0. The molecule has 0 aliphatic carbocycles. The summed E-state index contributed by atoms with van der Waals surface area (Å²) in [6, 6.07) is 9.24. The summed E-state index contributed by atoms with van der Waals surface area (Å²) in [6.07, 6.45) is 0. The van der Waals surface area contributed by atoms with Gasteiger partial charge in [-0.25, -0.2) is 4.99 Å². The summed E-state index contributed by atoms with van der Waals surface area (Å²) < 4.78 is 0. The number of hydrogen-bond acceptors (Lipinski definition) is 3. The summed E-state index contributed by atoms with van der Waals surface area (Å²) in [5.74, 6) is 0.364. The van der Waals surface area contributed by atoms with E-state index in [9.17, 15) is 9.59 Å². The molecule has 1 aromatic rings. The molecule has 0 saturated carbocycles. The minimum absolute atomic E-state index is 0. The Morgan fingerprint density at radius 2 is 1.69 bits per heavy atom. The lowest BCUT2D eigenvalue weighted by molar-refractivity contribution is -0.131. The van der Waals surface area contributed by atoms with Crippen molar-refractivity contribution in [2.75, 3.05) is 45.1 Å². The molecule has 8 heteroatoms. The Labute approximate surface area is 173 Å². The number of carbonyl (C=O) groups is 2. The molecule has 0 radical (unpaired) electrons. The molecule has 0 bridgehead atoms. The van der Waals surface area contributed by atoms with Crippen LogP contribution in [0.3, 0.4) is 0 Å². The van der Waals surface area contributed by atoms with E-state index in [1.807, 2.05) is 51.1 Å². The Balaban J connectivity index is 0.00000625. The Kier molecular flexibility index (Phi) is 12.4. The van der Waals surface area contributed by atoms with Gasteiger partial charge in [0.2, 0.25) is 11.8 Å². The minimum atomic E-state index is -0.204. The second-order valence-corrected chi connectivity index (χ2v) is 5.51. The lowest BCUT2D eigenvalue weighted by atomic mass is 10.3. The summed E-state index contributed by atoms with van der Waals surface area (Å²) in [6.45, 7) is 8.06. The number of anilines is 1. The van der Waals surface area contributed by atoms with Gasteiger partial charge in [0.1, 0.15) is 6.54 Å². The Hall–Kier alpha value is -1.84. The normalized spacial score (nSPS) is 10.5. The first kappa shape index (κ1) is 24.2. The summed E-state index contributed by atoms with van der Waals surface area (Å²) in [7, 11) is 1.79. The van der Waals surface area contributed by atoms with Crippen molar-refractivity contribution in [3.63, 3.8) is 0 Å². The number of para-hydroxylation sites is 1. The van der Waals surface area contributed by atoms with Gasteiger partial charge in [-0.2, -0.15) is 0 Å². The molecule has 0 spiro atoms. The van der Waals surface area contributed by atoms with Gasteiger partial charge in [-0.3, -0.25) is 9.59 Å². The Bertz CT molecular complexity index is 576. The van der Waals surface area contributed by atoms with Crippen LogP contribution in [0.4, 0.5) is 5.69 Å². The summed E-state index contributed by atoms with van der Waals surface area (Å²) >= 11 is 0.